The molecule has 4 nitrogen and oxygen atoms in total. The van der Waals surface area contributed by atoms with E-state index in [-0.39, 0.29) is 0 Å². The van der Waals surface area contributed by atoms with Gasteiger partial charge in [-0.1, -0.05) is 0 Å². The Balaban J connectivity index is 2.09. The van der Waals surface area contributed by atoms with E-state index < -0.39 is 0 Å². The van der Waals surface area contributed by atoms with Crippen LogP contribution in [0.4, 0.5) is 0 Å². The van der Waals surface area contributed by atoms with Crippen molar-refractivity contribution in [2.45, 2.75) is 25.2 Å². The molecule has 1 saturated heterocycles. The average Bonchev–Trinajstić information content (AvgIpc) is 2.31. The van der Waals surface area contributed by atoms with E-state index in [2.05, 4.69) is 9.97 Å². The van der Waals surface area contributed by atoms with Crippen LogP contribution in [0.15, 0.2) is 12.3 Å². The number of ether oxygens (including phenoxy) is 1. The summed E-state index contributed by atoms with van der Waals surface area (Å²) in [6, 6.07) is 1.94. The molecule has 0 spiro atoms. The van der Waals surface area contributed by atoms with Crippen molar-refractivity contribution >= 4 is 0 Å². The molecule has 0 amide bonds. The topological polar surface area (TPSA) is 61.0 Å². The van der Waals surface area contributed by atoms with Crippen molar-refractivity contribution in [3.05, 3.63) is 23.8 Å². The molecular formula is C11H17N3O. The number of aromatic nitrogens is 2. The Morgan fingerprint density at radius 2 is 2.20 bits per heavy atom. The van der Waals surface area contributed by atoms with Gasteiger partial charge < -0.3 is 10.5 Å². The van der Waals surface area contributed by atoms with Gasteiger partial charge >= 0.3 is 0 Å². The van der Waals surface area contributed by atoms with Gasteiger partial charge in [0.1, 0.15) is 5.82 Å². The van der Waals surface area contributed by atoms with Crippen LogP contribution in [0.2, 0.25) is 0 Å². The largest absolute Gasteiger partial charge is 0.381 e. The average molecular weight is 207 g/mol. The van der Waals surface area contributed by atoms with Crippen molar-refractivity contribution < 1.29 is 4.74 Å². The summed E-state index contributed by atoms with van der Waals surface area (Å²) < 4.78 is 5.32. The Morgan fingerprint density at radius 1 is 1.40 bits per heavy atom. The Bertz CT molecular complexity index is 310. The SMILES string of the molecule is NCCc1ccnc(C2CCOCC2)n1. The number of nitrogens with zero attached hydrogens (tertiary/aromatic N) is 2. The van der Waals surface area contributed by atoms with E-state index in [1.54, 1.807) is 0 Å². The molecule has 15 heavy (non-hydrogen) atoms. The molecule has 0 unspecified atom stereocenters. The molecule has 4 heteroatoms. The molecule has 2 rings (SSSR count). The summed E-state index contributed by atoms with van der Waals surface area (Å²) in [5.74, 6) is 1.43. The van der Waals surface area contributed by atoms with Crippen LogP contribution < -0.4 is 5.73 Å². The Labute approximate surface area is 89.9 Å². The van der Waals surface area contributed by atoms with E-state index in [0.29, 0.717) is 12.5 Å². The normalized spacial score (nSPS) is 17.9. The molecule has 1 fully saturated rings. The first kappa shape index (κ1) is 10.5. The van der Waals surface area contributed by atoms with Crippen LogP contribution in [0.5, 0.6) is 0 Å². The van der Waals surface area contributed by atoms with E-state index in [0.717, 1.165) is 44.0 Å². The maximum Gasteiger partial charge on any atom is 0.131 e. The van der Waals surface area contributed by atoms with Crippen LogP contribution in [0.25, 0.3) is 0 Å². The summed E-state index contributed by atoms with van der Waals surface area (Å²) in [4.78, 5) is 8.88. The first-order chi connectivity index (χ1) is 7.40. The third kappa shape index (κ3) is 2.73. The summed E-state index contributed by atoms with van der Waals surface area (Å²) in [6.45, 7) is 2.30. The van der Waals surface area contributed by atoms with Gasteiger partial charge in [0.2, 0.25) is 0 Å². The van der Waals surface area contributed by atoms with Crippen molar-refractivity contribution in [1.82, 2.24) is 9.97 Å². The molecule has 0 saturated carbocycles. The second-order valence-electron chi connectivity index (χ2n) is 3.83. The summed E-state index contributed by atoms with van der Waals surface area (Å²) >= 11 is 0. The first-order valence-electron chi connectivity index (χ1n) is 5.50. The lowest BCUT2D eigenvalue weighted by atomic mass is 9.99. The minimum absolute atomic E-state index is 0.469. The zero-order valence-electron chi connectivity index (χ0n) is 8.85. The van der Waals surface area contributed by atoms with Gasteiger partial charge in [-0.3, -0.25) is 0 Å². The highest BCUT2D eigenvalue weighted by molar-refractivity contribution is 5.06. The molecule has 0 aliphatic carbocycles. The van der Waals surface area contributed by atoms with Gasteiger partial charge in [0, 0.05) is 37.4 Å². The van der Waals surface area contributed by atoms with Crippen molar-refractivity contribution in [3.8, 4) is 0 Å². The summed E-state index contributed by atoms with van der Waals surface area (Å²) in [6.07, 6.45) is 4.74. The predicted molar refractivity (Wildman–Crippen MR) is 57.6 cm³/mol. The van der Waals surface area contributed by atoms with E-state index in [4.69, 9.17) is 10.5 Å². The molecule has 0 aromatic carbocycles. The second kappa shape index (κ2) is 5.19. The van der Waals surface area contributed by atoms with Crippen LogP contribution in [0.3, 0.4) is 0 Å². The highest BCUT2D eigenvalue weighted by Crippen LogP contribution is 2.23. The van der Waals surface area contributed by atoms with Crippen molar-refractivity contribution in [3.63, 3.8) is 0 Å². The highest BCUT2D eigenvalue weighted by Gasteiger charge is 2.18. The van der Waals surface area contributed by atoms with E-state index in [9.17, 15) is 0 Å². The van der Waals surface area contributed by atoms with Gasteiger partial charge in [-0.05, 0) is 25.5 Å². The fourth-order valence-corrected chi connectivity index (χ4v) is 1.85. The summed E-state index contributed by atoms with van der Waals surface area (Å²) in [7, 11) is 0. The molecule has 2 heterocycles. The van der Waals surface area contributed by atoms with Crippen LogP contribution in [0, 0.1) is 0 Å². The first-order valence-corrected chi connectivity index (χ1v) is 5.50. The summed E-state index contributed by atoms with van der Waals surface area (Å²) in [5.41, 5.74) is 6.56. The van der Waals surface area contributed by atoms with Gasteiger partial charge in [-0.25, -0.2) is 9.97 Å². The van der Waals surface area contributed by atoms with Crippen LogP contribution >= 0.6 is 0 Å². The molecule has 0 bridgehead atoms. The Hall–Kier alpha value is -1.00. The van der Waals surface area contributed by atoms with Crippen molar-refractivity contribution in [2.75, 3.05) is 19.8 Å². The van der Waals surface area contributed by atoms with E-state index in [1.165, 1.54) is 0 Å². The predicted octanol–water partition coefficient (Wildman–Crippen LogP) is 0.872. The zero-order chi connectivity index (χ0) is 10.5. The molecule has 2 N–H and O–H groups in total. The molecule has 0 atom stereocenters. The Kier molecular flexibility index (Phi) is 3.64. The second-order valence-corrected chi connectivity index (χ2v) is 3.83. The lowest BCUT2D eigenvalue weighted by molar-refractivity contribution is 0.0835. The number of hydrogen-bond acceptors (Lipinski definition) is 4. The minimum Gasteiger partial charge on any atom is -0.381 e. The van der Waals surface area contributed by atoms with E-state index >= 15 is 0 Å². The highest BCUT2D eigenvalue weighted by atomic mass is 16.5. The van der Waals surface area contributed by atoms with Crippen molar-refractivity contribution in [1.29, 1.82) is 0 Å². The molecular weight excluding hydrogens is 190 g/mol. The third-order valence-corrected chi connectivity index (χ3v) is 2.72. The zero-order valence-corrected chi connectivity index (χ0v) is 8.85. The van der Waals surface area contributed by atoms with Gasteiger partial charge in [0.05, 0.1) is 0 Å². The smallest absolute Gasteiger partial charge is 0.131 e. The lowest BCUT2D eigenvalue weighted by Crippen LogP contribution is -2.17. The fraction of sp³-hybridized carbons (Fsp3) is 0.636. The maximum absolute atomic E-state index is 5.51. The molecule has 1 aliphatic heterocycles. The standard InChI is InChI=1S/C11H17N3O/c12-5-1-10-2-6-13-11(14-10)9-3-7-15-8-4-9/h2,6,9H,1,3-5,7-8,12H2. The number of nitrogens with two attached hydrogens (primary N) is 1. The van der Waals surface area contributed by atoms with Crippen LogP contribution in [-0.4, -0.2) is 29.7 Å². The van der Waals surface area contributed by atoms with Gasteiger partial charge in [-0.15, -0.1) is 0 Å². The van der Waals surface area contributed by atoms with Gasteiger partial charge in [0.25, 0.3) is 0 Å². The lowest BCUT2D eigenvalue weighted by Gasteiger charge is -2.20. The van der Waals surface area contributed by atoms with Crippen LogP contribution in [0.1, 0.15) is 30.3 Å². The molecule has 82 valence electrons. The van der Waals surface area contributed by atoms with E-state index in [1.807, 2.05) is 12.3 Å². The maximum atomic E-state index is 5.51. The quantitative estimate of drug-likeness (QED) is 0.799. The minimum atomic E-state index is 0.469. The van der Waals surface area contributed by atoms with Crippen LogP contribution in [-0.2, 0) is 11.2 Å². The van der Waals surface area contributed by atoms with Gasteiger partial charge in [0.15, 0.2) is 0 Å². The van der Waals surface area contributed by atoms with Crippen molar-refractivity contribution in [2.24, 2.45) is 5.73 Å². The van der Waals surface area contributed by atoms with Gasteiger partial charge in [-0.2, -0.15) is 0 Å². The molecule has 1 aliphatic rings. The fourth-order valence-electron chi connectivity index (χ4n) is 1.85. The number of hydrogen-bond donors (Lipinski definition) is 1. The molecule has 1 aromatic heterocycles. The molecule has 0 radical (unpaired) electrons. The number of rotatable bonds is 3. The Morgan fingerprint density at radius 3 is 2.93 bits per heavy atom. The molecule has 1 aromatic rings. The monoisotopic (exact) mass is 207 g/mol. The summed E-state index contributed by atoms with van der Waals surface area (Å²) in [5, 5.41) is 0. The third-order valence-electron chi connectivity index (χ3n) is 2.72.